The zero-order chi connectivity index (χ0) is 15.2. The van der Waals surface area contributed by atoms with E-state index in [1.54, 1.807) is 6.07 Å². The number of aliphatic hydroxyl groups is 1. The molecule has 2 aromatic rings. The van der Waals surface area contributed by atoms with Gasteiger partial charge in [0.1, 0.15) is 12.3 Å². The Morgan fingerprint density at radius 2 is 2.19 bits per heavy atom. The molecular formula is C17H18N2O2. The first-order chi connectivity index (χ1) is 10.2. The Morgan fingerprint density at radius 1 is 1.38 bits per heavy atom. The van der Waals surface area contributed by atoms with Crippen LogP contribution in [0.1, 0.15) is 28.5 Å². The molecule has 4 nitrogen and oxygen atoms in total. The summed E-state index contributed by atoms with van der Waals surface area (Å²) in [6, 6.07) is 9.26. The molecule has 1 aromatic heterocycles. The van der Waals surface area contributed by atoms with E-state index in [1.807, 2.05) is 48.9 Å². The minimum absolute atomic E-state index is 0.169. The van der Waals surface area contributed by atoms with Gasteiger partial charge >= 0.3 is 0 Å². The maximum atomic E-state index is 12.3. The summed E-state index contributed by atoms with van der Waals surface area (Å²) in [7, 11) is 0. The molecular weight excluding hydrogens is 264 g/mol. The number of hydrogen-bond donors (Lipinski definition) is 2. The number of nitrogens with one attached hydrogen (secondary N) is 1. The van der Waals surface area contributed by atoms with E-state index in [-0.39, 0.29) is 12.5 Å². The summed E-state index contributed by atoms with van der Waals surface area (Å²) < 4.78 is 1.88. The largest absolute Gasteiger partial charge is 0.384 e. The lowest BCUT2D eigenvalue weighted by Gasteiger charge is -2.10. The second kappa shape index (κ2) is 6.78. The maximum Gasteiger partial charge on any atom is 0.272 e. The highest BCUT2D eigenvalue weighted by molar-refractivity contribution is 6.03. The Bertz CT molecular complexity index is 705. The zero-order valence-corrected chi connectivity index (χ0v) is 12.2. The van der Waals surface area contributed by atoms with Gasteiger partial charge in [-0.1, -0.05) is 17.9 Å². The number of rotatable bonds is 3. The molecule has 1 amide bonds. The van der Waals surface area contributed by atoms with Crippen molar-refractivity contribution in [3.05, 3.63) is 53.3 Å². The van der Waals surface area contributed by atoms with Crippen molar-refractivity contribution in [1.82, 2.24) is 4.57 Å². The first kappa shape index (κ1) is 14.9. The Balaban J connectivity index is 2.29. The van der Waals surface area contributed by atoms with E-state index in [0.717, 1.165) is 12.1 Å². The molecule has 108 valence electrons. The molecule has 0 aliphatic rings. The smallest absolute Gasteiger partial charge is 0.272 e. The lowest BCUT2D eigenvalue weighted by molar-refractivity contribution is 0.101. The van der Waals surface area contributed by atoms with Gasteiger partial charge in [-0.05, 0) is 43.7 Å². The quantitative estimate of drug-likeness (QED) is 0.849. The van der Waals surface area contributed by atoms with E-state index < -0.39 is 0 Å². The predicted molar refractivity (Wildman–Crippen MR) is 83.2 cm³/mol. The van der Waals surface area contributed by atoms with Crippen LogP contribution in [0.2, 0.25) is 0 Å². The minimum Gasteiger partial charge on any atom is -0.384 e. The van der Waals surface area contributed by atoms with Gasteiger partial charge in [-0.3, -0.25) is 4.79 Å². The fourth-order valence-corrected chi connectivity index (χ4v) is 2.09. The highest BCUT2D eigenvalue weighted by Crippen LogP contribution is 2.17. The average Bonchev–Trinajstić information content (AvgIpc) is 2.96. The summed E-state index contributed by atoms with van der Waals surface area (Å²) >= 11 is 0. The van der Waals surface area contributed by atoms with Crippen LogP contribution in [0.15, 0.2) is 36.5 Å². The average molecular weight is 282 g/mol. The molecule has 0 spiro atoms. The topological polar surface area (TPSA) is 54.3 Å². The molecule has 4 heteroatoms. The SMILES string of the molecule is CCn1cccc1C(=O)Nc1ccc(C)cc1C#CCO. The number of anilines is 1. The molecule has 2 N–H and O–H groups in total. The molecule has 1 aromatic carbocycles. The first-order valence-electron chi connectivity index (χ1n) is 6.82. The number of nitrogens with zero attached hydrogens (tertiary/aromatic N) is 1. The molecule has 1 heterocycles. The van der Waals surface area contributed by atoms with Crippen LogP contribution in [-0.4, -0.2) is 22.2 Å². The van der Waals surface area contributed by atoms with Crippen molar-refractivity contribution in [3.63, 3.8) is 0 Å². The third-order valence-corrected chi connectivity index (χ3v) is 3.13. The van der Waals surface area contributed by atoms with Crippen LogP contribution < -0.4 is 5.32 Å². The van der Waals surface area contributed by atoms with Crippen molar-refractivity contribution in [2.24, 2.45) is 0 Å². The predicted octanol–water partition coefficient (Wildman–Crippen LogP) is 2.41. The number of benzene rings is 1. The molecule has 2 rings (SSSR count). The van der Waals surface area contributed by atoms with Crippen molar-refractivity contribution in [2.45, 2.75) is 20.4 Å². The van der Waals surface area contributed by atoms with Crippen LogP contribution in [0.4, 0.5) is 5.69 Å². The van der Waals surface area contributed by atoms with Crippen molar-refractivity contribution in [1.29, 1.82) is 0 Å². The molecule has 0 saturated heterocycles. The van der Waals surface area contributed by atoms with Crippen molar-refractivity contribution in [2.75, 3.05) is 11.9 Å². The van der Waals surface area contributed by atoms with Crippen molar-refractivity contribution < 1.29 is 9.90 Å². The second-order valence-corrected chi connectivity index (χ2v) is 4.64. The normalized spacial score (nSPS) is 9.86. The van der Waals surface area contributed by atoms with Crippen LogP contribution in [-0.2, 0) is 6.54 Å². The number of carbonyl (C=O) groups is 1. The van der Waals surface area contributed by atoms with Gasteiger partial charge in [0.15, 0.2) is 0 Å². The molecule has 21 heavy (non-hydrogen) atoms. The van der Waals surface area contributed by atoms with E-state index in [9.17, 15) is 4.79 Å². The molecule has 0 aliphatic heterocycles. The fraction of sp³-hybridized carbons (Fsp3) is 0.235. The van der Waals surface area contributed by atoms with Crippen molar-refractivity contribution >= 4 is 11.6 Å². The van der Waals surface area contributed by atoms with E-state index in [1.165, 1.54) is 0 Å². The van der Waals surface area contributed by atoms with Crippen LogP contribution in [0, 0.1) is 18.8 Å². The molecule has 0 aliphatic carbocycles. The van der Waals surface area contributed by atoms with Gasteiger partial charge in [-0.2, -0.15) is 0 Å². The van der Waals surface area contributed by atoms with Gasteiger partial charge in [0.25, 0.3) is 5.91 Å². The number of amides is 1. The number of aryl methyl sites for hydroxylation is 2. The summed E-state index contributed by atoms with van der Waals surface area (Å²) in [5.74, 6) is 5.30. The first-order valence-corrected chi connectivity index (χ1v) is 6.82. The third kappa shape index (κ3) is 3.53. The van der Waals surface area contributed by atoms with Crippen LogP contribution >= 0.6 is 0 Å². The molecule has 0 unspecified atom stereocenters. The molecule has 0 radical (unpaired) electrons. The molecule has 0 saturated carbocycles. The number of aliphatic hydroxyl groups excluding tert-OH is 1. The number of hydrogen-bond acceptors (Lipinski definition) is 2. The number of aromatic nitrogens is 1. The second-order valence-electron chi connectivity index (χ2n) is 4.64. The van der Waals surface area contributed by atoms with Gasteiger partial charge in [0.05, 0.1) is 5.69 Å². The van der Waals surface area contributed by atoms with E-state index in [4.69, 9.17) is 5.11 Å². The van der Waals surface area contributed by atoms with Crippen LogP contribution in [0.5, 0.6) is 0 Å². The molecule has 0 fully saturated rings. The highest BCUT2D eigenvalue weighted by Gasteiger charge is 2.11. The summed E-state index contributed by atoms with van der Waals surface area (Å²) in [5.41, 5.74) is 3.01. The Hall–Kier alpha value is -2.51. The van der Waals surface area contributed by atoms with E-state index >= 15 is 0 Å². The van der Waals surface area contributed by atoms with Gasteiger partial charge in [0, 0.05) is 18.3 Å². The fourth-order valence-electron chi connectivity index (χ4n) is 2.09. The molecule has 0 bridgehead atoms. The van der Waals surface area contributed by atoms with Gasteiger partial charge in [0.2, 0.25) is 0 Å². The summed E-state index contributed by atoms with van der Waals surface area (Å²) in [6.07, 6.45) is 1.87. The summed E-state index contributed by atoms with van der Waals surface area (Å²) in [4.78, 5) is 12.3. The Kier molecular flexibility index (Phi) is 4.81. The van der Waals surface area contributed by atoms with Crippen LogP contribution in [0.25, 0.3) is 0 Å². The minimum atomic E-state index is -0.208. The number of carbonyl (C=O) groups excluding carboxylic acids is 1. The standard InChI is InChI=1S/C17H18N2O2/c1-3-19-10-4-7-16(19)17(21)18-15-9-8-13(2)12-14(15)6-5-11-20/h4,7-10,12,20H,3,11H2,1-2H3,(H,18,21). The van der Waals surface area contributed by atoms with Gasteiger partial charge in [-0.15, -0.1) is 0 Å². The zero-order valence-electron chi connectivity index (χ0n) is 12.2. The monoisotopic (exact) mass is 282 g/mol. The van der Waals surface area contributed by atoms with E-state index in [0.29, 0.717) is 16.9 Å². The lowest BCUT2D eigenvalue weighted by atomic mass is 10.1. The van der Waals surface area contributed by atoms with Crippen molar-refractivity contribution in [3.8, 4) is 11.8 Å². The Morgan fingerprint density at radius 3 is 2.90 bits per heavy atom. The Labute approximate surface area is 124 Å². The van der Waals surface area contributed by atoms with Gasteiger partial charge in [-0.25, -0.2) is 0 Å². The summed E-state index contributed by atoms with van der Waals surface area (Å²) in [6.45, 7) is 4.47. The lowest BCUT2D eigenvalue weighted by Crippen LogP contribution is -2.17. The van der Waals surface area contributed by atoms with Crippen LogP contribution in [0.3, 0.4) is 0 Å². The summed E-state index contributed by atoms with van der Waals surface area (Å²) in [5, 5.41) is 11.7. The molecule has 0 atom stereocenters. The van der Waals surface area contributed by atoms with E-state index in [2.05, 4.69) is 17.2 Å². The highest BCUT2D eigenvalue weighted by atomic mass is 16.2. The van der Waals surface area contributed by atoms with Gasteiger partial charge < -0.3 is 15.0 Å². The maximum absolute atomic E-state index is 12.3. The third-order valence-electron chi connectivity index (χ3n) is 3.13.